The van der Waals surface area contributed by atoms with Crippen LogP contribution in [0.5, 0.6) is 0 Å². The highest BCUT2D eigenvalue weighted by atomic mass is 16.3. The van der Waals surface area contributed by atoms with E-state index in [-0.39, 0.29) is 11.1 Å². The van der Waals surface area contributed by atoms with Crippen LogP contribution < -0.4 is 0 Å². The topological polar surface area (TPSA) is 13.1 Å². The highest BCUT2D eigenvalue weighted by Crippen LogP contribution is 2.44. The Hall–Kier alpha value is -6.44. The van der Waals surface area contributed by atoms with Crippen LogP contribution in [0.4, 0.5) is 0 Å². The fraction of sp³-hybridized carbons (Fsp3) is 0. The summed E-state index contributed by atoms with van der Waals surface area (Å²) in [5, 5.41) is 1.44. The fourth-order valence-electron chi connectivity index (χ4n) is 6.59. The first kappa shape index (κ1) is 15.6. The molecule has 49 heavy (non-hydrogen) atoms. The lowest BCUT2D eigenvalue weighted by Gasteiger charge is -2.18. The highest BCUT2D eigenvalue weighted by molar-refractivity contribution is 6.21. The molecule has 0 fully saturated rings. The minimum absolute atomic E-state index is 0.173. The molecule has 0 spiro atoms. The Bertz CT molecular complexity index is 3750. The van der Waals surface area contributed by atoms with Crippen LogP contribution in [0.3, 0.4) is 0 Å². The molecule has 0 amide bonds. The van der Waals surface area contributed by atoms with E-state index in [1.807, 2.05) is 54.6 Å². The maximum atomic E-state index is 9.81. The quantitative estimate of drug-likeness (QED) is 0.175. The molecule has 10 rings (SSSR count). The third kappa shape index (κ3) is 4.55. The predicted molar refractivity (Wildman–Crippen MR) is 208 cm³/mol. The molecule has 1 nitrogen and oxygen atoms in total. The van der Waals surface area contributed by atoms with Crippen LogP contribution >= 0.6 is 0 Å². The van der Waals surface area contributed by atoms with Gasteiger partial charge in [-0.1, -0.05) is 145 Å². The molecule has 1 heteroatoms. The number of hydrogen-bond donors (Lipinski definition) is 0. The van der Waals surface area contributed by atoms with E-state index in [9.17, 15) is 8.22 Å². The number of fused-ring (bicyclic) bond motifs is 6. The minimum atomic E-state index is -0.821. The van der Waals surface area contributed by atoms with Gasteiger partial charge < -0.3 is 4.42 Å². The molecular formula is C48H30O. The Labute approximate surface area is 308 Å². The molecule has 0 unspecified atom stereocenters. The average Bonchev–Trinajstić information content (AvgIpc) is 3.68. The second-order valence-corrected chi connectivity index (χ2v) is 11.6. The van der Waals surface area contributed by atoms with Crippen molar-refractivity contribution in [3.8, 4) is 44.5 Å². The molecule has 0 aliphatic carbocycles. The molecule has 1 heterocycles. The largest absolute Gasteiger partial charge is 0.456 e. The molecule has 10 aromatic rings. The van der Waals surface area contributed by atoms with Crippen molar-refractivity contribution in [2.45, 2.75) is 0 Å². The van der Waals surface area contributed by atoms with Crippen LogP contribution in [0.15, 0.2) is 186 Å². The van der Waals surface area contributed by atoms with Gasteiger partial charge in [0.05, 0.1) is 23.3 Å². The number of furan rings is 1. The summed E-state index contributed by atoms with van der Waals surface area (Å²) < 4.78 is 159. The summed E-state index contributed by atoms with van der Waals surface area (Å²) in [5.74, 6) is 0. The van der Waals surface area contributed by atoms with Gasteiger partial charge in [-0.05, 0) is 113 Å². The fourth-order valence-corrected chi connectivity index (χ4v) is 6.59. The Kier molecular flexibility index (Phi) is 3.54. The molecule has 1 aromatic heterocycles. The summed E-state index contributed by atoms with van der Waals surface area (Å²) in [6, 6.07) is 11.7. The van der Waals surface area contributed by atoms with Crippen molar-refractivity contribution in [1.82, 2.24) is 0 Å². The Morgan fingerprint density at radius 1 is 0.347 bits per heavy atom. The first-order valence-electron chi connectivity index (χ1n) is 23.9. The third-order valence-electron chi connectivity index (χ3n) is 8.84. The van der Waals surface area contributed by atoms with Crippen LogP contribution in [0.1, 0.15) is 23.3 Å². The molecule has 0 atom stereocenters. The zero-order chi connectivity index (χ0) is 47.1. The Balaban J connectivity index is 1.31. The van der Waals surface area contributed by atoms with E-state index in [4.69, 9.17) is 19.5 Å². The summed E-state index contributed by atoms with van der Waals surface area (Å²) in [7, 11) is 0. The Morgan fingerprint density at radius 2 is 0.918 bits per heavy atom. The lowest BCUT2D eigenvalue weighted by molar-refractivity contribution is 0.669. The van der Waals surface area contributed by atoms with Crippen molar-refractivity contribution in [2.75, 3.05) is 0 Å². The normalized spacial score (nSPS) is 16.5. The smallest absolute Gasteiger partial charge is 0.136 e. The maximum Gasteiger partial charge on any atom is 0.136 e. The van der Waals surface area contributed by atoms with Gasteiger partial charge in [0.1, 0.15) is 11.2 Å². The van der Waals surface area contributed by atoms with Crippen molar-refractivity contribution < 1.29 is 27.7 Å². The van der Waals surface area contributed by atoms with Gasteiger partial charge in [0.25, 0.3) is 0 Å². The Morgan fingerprint density at radius 3 is 1.67 bits per heavy atom. The average molecular weight is 640 g/mol. The van der Waals surface area contributed by atoms with E-state index in [1.54, 1.807) is 18.2 Å². The summed E-state index contributed by atoms with van der Waals surface area (Å²) in [6.07, 6.45) is 0. The van der Waals surface area contributed by atoms with Crippen molar-refractivity contribution in [2.24, 2.45) is 0 Å². The monoisotopic (exact) mass is 639 g/mol. The summed E-state index contributed by atoms with van der Waals surface area (Å²) in [6.45, 7) is 0. The van der Waals surface area contributed by atoms with Gasteiger partial charge in [-0.25, -0.2) is 0 Å². The molecule has 0 saturated heterocycles. The van der Waals surface area contributed by atoms with Crippen LogP contribution in [0, 0.1) is 0 Å². The van der Waals surface area contributed by atoms with Crippen molar-refractivity contribution in [1.29, 1.82) is 0 Å². The molecule has 0 bridgehead atoms. The van der Waals surface area contributed by atoms with Crippen LogP contribution in [0.25, 0.3) is 98.8 Å². The molecular weight excluding hydrogens is 593 g/mol. The first-order chi connectivity index (χ1) is 31.3. The summed E-state index contributed by atoms with van der Waals surface area (Å²) >= 11 is 0. The van der Waals surface area contributed by atoms with Gasteiger partial charge in [-0.3, -0.25) is 0 Å². The second kappa shape index (κ2) is 11.1. The van der Waals surface area contributed by atoms with E-state index in [1.165, 1.54) is 0 Å². The number of hydrogen-bond acceptors (Lipinski definition) is 1. The van der Waals surface area contributed by atoms with Gasteiger partial charge in [0.2, 0.25) is 0 Å². The van der Waals surface area contributed by atoms with E-state index < -0.39 is 147 Å². The first-order valence-corrected chi connectivity index (χ1v) is 15.4. The molecule has 0 N–H and O–H groups in total. The standard InChI is InChI=1S/C48H30O/c1-2-12-32(13-3-1)47-40-17-6-8-19-42(40)48(43-20-9-7-18-41(43)47)38-16-10-15-34(28-38)36-24-26-45-44(29-36)39-25-23-37(30-46(39)49-45)35-22-21-31-11-4-5-14-33(31)27-35/h1-30H/i1D,2D,3D,6D,7D,8D,9D,10D,12D,13D,15D,16D,17D,18D,19D,20D,28D. The molecule has 0 aliphatic rings. The van der Waals surface area contributed by atoms with Gasteiger partial charge in [0.15, 0.2) is 0 Å². The van der Waals surface area contributed by atoms with E-state index in [0.717, 1.165) is 21.9 Å². The van der Waals surface area contributed by atoms with Crippen molar-refractivity contribution in [3.63, 3.8) is 0 Å². The molecule has 0 saturated carbocycles. The second-order valence-electron chi connectivity index (χ2n) is 11.6. The van der Waals surface area contributed by atoms with E-state index in [0.29, 0.717) is 21.9 Å². The lowest BCUT2D eigenvalue weighted by atomic mass is 9.85. The van der Waals surface area contributed by atoms with Crippen molar-refractivity contribution in [3.05, 3.63) is 182 Å². The lowest BCUT2D eigenvalue weighted by Crippen LogP contribution is -1.91. The van der Waals surface area contributed by atoms with Gasteiger partial charge in [-0.15, -0.1) is 0 Å². The van der Waals surface area contributed by atoms with Crippen molar-refractivity contribution >= 4 is 54.3 Å². The van der Waals surface area contributed by atoms with Gasteiger partial charge in [-0.2, -0.15) is 0 Å². The van der Waals surface area contributed by atoms with Crippen LogP contribution in [-0.2, 0) is 0 Å². The molecule has 0 radical (unpaired) electrons. The minimum Gasteiger partial charge on any atom is -0.456 e. The number of rotatable bonds is 4. The van der Waals surface area contributed by atoms with E-state index >= 15 is 0 Å². The van der Waals surface area contributed by atoms with Gasteiger partial charge in [0, 0.05) is 10.8 Å². The third-order valence-corrected chi connectivity index (χ3v) is 8.84. The van der Waals surface area contributed by atoms with Crippen LogP contribution in [0.2, 0.25) is 0 Å². The van der Waals surface area contributed by atoms with Crippen LogP contribution in [-0.4, -0.2) is 0 Å². The zero-order valence-electron chi connectivity index (χ0n) is 42.4. The zero-order valence-corrected chi connectivity index (χ0v) is 25.4. The summed E-state index contributed by atoms with van der Waals surface area (Å²) in [4.78, 5) is 0. The molecule has 0 aliphatic heterocycles. The molecule has 9 aromatic carbocycles. The SMILES string of the molecule is [2H]c1c([2H])c([2H])c(-c2c3c([2H])c([2H])c([2H])c([2H])c3c(-c3c([2H])c([2H])c([2H])c(-c4ccc5oc6cc(-c7ccc8ccccc8c7)ccc6c5c4)c3[2H])c3c([2H])c([2H])c([2H])c([2H])c23)c([2H])c1[2H]. The predicted octanol–water partition coefficient (Wildman–Crippen LogP) is 13.7. The number of benzene rings is 9. The maximum absolute atomic E-state index is 9.81. The highest BCUT2D eigenvalue weighted by Gasteiger charge is 2.17. The summed E-state index contributed by atoms with van der Waals surface area (Å²) in [5.41, 5.74) is 0.872. The molecule has 228 valence electrons. The van der Waals surface area contributed by atoms with Gasteiger partial charge >= 0.3 is 0 Å². The van der Waals surface area contributed by atoms with E-state index in [2.05, 4.69) is 6.07 Å².